The Balaban J connectivity index is 1.62. The van der Waals surface area contributed by atoms with Gasteiger partial charge in [0.05, 0.1) is 20.6 Å². The Labute approximate surface area is 161 Å². The monoisotopic (exact) mass is 368 g/mol. The molecule has 27 heavy (non-hydrogen) atoms. The Hall–Kier alpha value is -2.53. The van der Waals surface area contributed by atoms with E-state index in [1.165, 1.54) is 5.56 Å². The fourth-order valence-electron chi connectivity index (χ4n) is 3.73. The summed E-state index contributed by atoms with van der Waals surface area (Å²) in [7, 11) is 3.24. The summed E-state index contributed by atoms with van der Waals surface area (Å²) in [6, 6.07) is 14.1. The summed E-state index contributed by atoms with van der Waals surface area (Å²) in [5.74, 6) is 2.08. The lowest BCUT2D eigenvalue weighted by molar-refractivity contribution is -0.131. The second kappa shape index (κ2) is 8.91. The molecule has 1 aliphatic rings. The molecule has 5 heteroatoms. The van der Waals surface area contributed by atoms with Gasteiger partial charge in [-0.1, -0.05) is 24.3 Å². The SMILES string of the molecule is COc1ccc(OC)c(CC(=O)N2CCC(c3cccc(CN)c3)CC2)c1. The van der Waals surface area contributed by atoms with E-state index in [0.717, 1.165) is 48.6 Å². The van der Waals surface area contributed by atoms with E-state index in [2.05, 4.69) is 24.3 Å². The van der Waals surface area contributed by atoms with Crippen molar-refractivity contribution in [3.63, 3.8) is 0 Å². The molecule has 0 aromatic heterocycles. The molecule has 1 aliphatic heterocycles. The highest BCUT2D eigenvalue weighted by molar-refractivity contribution is 5.79. The Kier molecular flexibility index (Phi) is 6.35. The quantitative estimate of drug-likeness (QED) is 0.851. The van der Waals surface area contributed by atoms with E-state index in [4.69, 9.17) is 15.2 Å². The summed E-state index contributed by atoms with van der Waals surface area (Å²) < 4.78 is 10.7. The van der Waals surface area contributed by atoms with Crippen LogP contribution in [0.5, 0.6) is 11.5 Å². The number of ether oxygens (including phenoxy) is 2. The molecule has 0 aliphatic carbocycles. The Morgan fingerprint density at radius 1 is 1.11 bits per heavy atom. The zero-order valence-corrected chi connectivity index (χ0v) is 16.1. The topological polar surface area (TPSA) is 64.8 Å². The molecule has 1 heterocycles. The van der Waals surface area contributed by atoms with Gasteiger partial charge in [-0.05, 0) is 48.1 Å². The molecule has 0 atom stereocenters. The fourth-order valence-corrected chi connectivity index (χ4v) is 3.73. The van der Waals surface area contributed by atoms with Crippen molar-refractivity contribution in [3.8, 4) is 11.5 Å². The number of amides is 1. The van der Waals surface area contributed by atoms with Gasteiger partial charge in [0.15, 0.2) is 0 Å². The van der Waals surface area contributed by atoms with Crippen molar-refractivity contribution < 1.29 is 14.3 Å². The van der Waals surface area contributed by atoms with E-state index in [1.807, 2.05) is 23.1 Å². The smallest absolute Gasteiger partial charge is 0.227 e. The fraction of sp³-hybridized carbons (Fsp3) is 0.409. The van der Waals surface area contributed by atoms with Crippen LogP contribution in [-0.4, -0.2) is 38.1 Å². The first-order valence-corrected chi connectivity index (χ1v) is 9.42. The van der Waals surface area contributed by atoms with Crippen LogP contribution < -0.4 is 15.2 Å². The Morgan fingerprint density at radius 3 is 2.56 bits per heavy atom. The van der Waals surface area contributed by atoms with Crippen molar-refractivity contribution in [2.24, 2.45) is 5.73 Å². The molecule has 0 spiro atoms. The largest absolute Gasteiger partial charge is 0.497 e. The normalized spacial score (nSPS) is 14.9. The molecule has 2 N–H and O–H groups in total. The highest BCUT2D eigenvalue weighted by Gasteiger charge is 2.24. The highest BCUT2D eigenvalue weighted by Crippen LogP contribution is 2.30. The van der Waals surface area contributed by atoms with Gasteiger partial charge in [-0.3, -0.25) is 4.79 Å². The number of nitrogens with two attached hydrogens (primary N) is 1. The minimum absolute atomic E-state index is 0.135. The van der Waals surface area contributed by atoms with Crippen molar-refractivity contribution in [2.75, 3.05) is 27.3 Å². The third kappa shape index (κ3) is 4.61. The lowest BCUT2D eigenvalue weighted by atomic mass is 9.88. The maximum absolute atomic E-state index is 12.8. The van der Waals surface area contributed by atoms with Crippen molar-refractivity contribution in [3.05, 3.63) is 59.2 Å². The molecule has 3 rings (SSSR count). The molecular weight excluding hydrogens is 340 g/mol. The molecule has 5 nitrogen and oxygen atoms in total. The van der Waals surface area contributed by atoms with E-state index in [-0.39, 0.29) is 5.91 Å². The second-order valence-corrected chi connectivity index (χ2v) is 6.96. The lowest BCUT2D eigenvalue weighted by Gasteiger charge is -2.32. The minimum Gasteiger partial charge on any atom is -0.497 e. The number of hydrogen-bond donors (Lipinski definition) is 1. The van der Waals surface area contributed by atoms with Gasteiger partial charge in [0.2, 0.25) is 5.91 Å². The summed E-state index contributed by atoms with van der Waals surface area (Å²) in [4.78, 5) is 14.8. The van der Waals surface area contributed by atoms with E-state index in [0.29, 0.717) is 18.9 Å². The third-order valence-corrected chi connectivity index (χ3v) is 5.34. The summed E-state index contributed by atoms with van der Waals surface area (Å²) in [6.07, 6.45) is 2.29. The number of hydrogen-bond acceptors (Lipinski definition) is 4. The molecular formula is C22H28N2O3. The van der Waals surface area contributed by atoms with E-state index < -0.39 is 0 Å². The van der Waals surface area contributed by atoms with Gasteiger partial charge >= 0.3 is 0 Å². The number of piperidine rings is 1. The number of methoxy groups -OCH3 is 2. The van der Waals surface area contributed by atoms with Crippen LogP contribution in [0.4, 0.5) is 0 Å². The van der Waals surface area contributed by atoms with Crippen molar-refractivity contribution in [1.29, 1.82) is 0 Å². The van der Waals surface area contributed by atoms with Gasteiger partial charge in [-0.2, -0.15) is 0 Å². The number of likely N-dealkylation sites (tertiary alicyclic amines) is 1. The van der Waals surface area contributed by atoms with Gasteiger partial charge < -0.3 is 20.1 Å². The van der Waals surface area contributed by atoms with Crippen LogP contribution >= 0.6 is 0 Å². The average Bonchev–Trinajstić information content (AvgIpc) is 2.73. The number of rotatable bonds is 6. The first-order valence-electron chi connectivity index (χ1n) is 9.42. The average molecular weight is 368 g/mol. The van der Waals surface area contributed by atoms with Gasteiger partial charge in [0.25, 0.3) is 0 Å². The van der Waals surface area contributed by atoms with Gasteiger partial charge in [-0.25, -0.2) is 0 Å². The highest BCUT2D eigenvalue weighted by atomic mass is 16.5. The molecule has 0 saturated carbocycles. The van der Waals surface area contributed by atoms with Crippen LogP contribution in [-0.2, 0) is 17.8 Å². The molecule has 144 valence electrons. The first-order chi connectivity index (χ1) is 13.1. The molecule has 2 aromatic rings. The van der Waals surface area contributed by atoms with Crippen LogP contribution in [0.2, 0.25) is 0 Å². The van der Waals surface area contributed by atoms with Crippen molar-refractivity contribution >= 4 is 5.91 Å². The first kappa shape index (κ1) is 19.2. The lowest BCUT2D eigenvalue weighted by Crippen LogP contribution is -2.38. The number of carbonyl (C=O) groups excluding carboxylic acids is 1. The van der Waals surface area contributed by atoms with Crippen LogP contribution in [0.15, 0.2) is 42.5 Å². The standard InChI is InChI=1S/C22H28N2O3/c1-26-20-6-7-21(27-2)19(13-20)14-22(25)24-10-8-17(9-11-24)18-5-3-4-16(12-18)15-23/h3-7,12-13,17H,8-11,14-15,23H2,1-2H3. The number of carbonyl (C=O) groups is 1. The van der Waals surface area contributed by atoms with E-state index in [1.54, 1.807) is 14.2 Å². The van der Waals surface area contributed by atoms with Gasteiger partial charge in [0.1, 0.15) is 11.5 Å². The number of nitrogens with zero attached hydrogens (tertiary/aromatic N) is 1. The summed E-state index contributed by atoms with van der Waals surface area (Å²) in [5.41, 5.74) is 9.11. The second-order valence-electron chi connectivity index (χ2n) is 6.96. The number of benzene rings is 2. The van der Waals surface area contributed by atoms with Gasteiger partial charge in [0, 0.05) is 25.2 Å². The molecule has 0 unspecified atom stereocenters. The summed E-state index contributed by atoms with van der Waals surface area (Å²) >= 11 is 0. The van der Waals surface area contributed by atoms with E-state index in [9.17, 15) is 4.79 Å². The summed E-state index contributed by atoms with van der Waals surface area (Å²) in [5, 5.41) is 0. The minimum atomic E-state index is 0.135. The van der Waals surface area contributed by atoms with E-state index >= 15 is 0 Å². The van der Waals surface area contributed by atoms with Crippen LogP contribution in [0.3, 0.4) is 0 Å². The summed E-state index contributed by atoms with van der Waals surface area (Å²) in [6.45, 7) is 2.12. The van der Waals surface area contributed by atoms with Gasteiger partial charge in [-0.15, -0.1) is 0 Å². The maximum atomic E-state index is 12.8. The third-order valence-electron chi connectivity index (χ3n) is 5.34. The molecule has 0 bridgehead atoms. The Bertz CT molecular complexity index is 783. The molecule has 2 aromatic carbocycles. The molecule has 1 amide bonds. The molecule has 0 radical (unpaired) electrons. The molecule has 1 fully saturated rings. The predicted molar refractivity (Wildman–Crippen MR) is 106 cm³/mol. The maximum Gasteiger partial charge on any atom is 0.227 e. The van der Waals surface area contributed by atoms with Crippen LogP contribution in [0, 0.1) is 0 Å². The zero-order valence-electron chi connectivity index (χ0n) is 16.1. The van der Waals surface area contributed by atoms with Crippen molar-refractivity contribution in [1.82, 2.24) is 4.90 Å². The molecule has 1 saturated heterocycles. The zero-order chi connectivity index (χ0) is 19.2. The van der Waals surface area contributed by atoms with Crippen molar-refractivity contribution in [2.45, 2.75) is 31.7 Å². The van der Waals surface area contributed by atoms with Crippen LogP contribution in [0.25, 0.3) is 0 Å². The Morgan fingerprint density at radius 2 is 1.89 bits per heavy atom. The predicted octanol–water partition coefficient (Wildman–Crippen LogP) is 3.11. The van der Waals surface area contributed by atoms with Crippen LogP contribution in [0.1, 0.15) is 35.4 Å².